The first kappa shape index (κ1) is 14.4. The first-order valence-electron chi connectivity index (χ1n) is 6.99. The highest BCUT2D eigenvalue weighted by Gasteiger charge is 2.35. The lowest BCUT2D eigenvalue weighted by atomic mass is 9.74. The number of hydrogen-bond acceptors (Lipinski definition) is 3. The molecule has 0 aromatic carbocycles. The van der Waals surface area contributed by atoms with Crippen LogP contribution >= 0.6 is 15.9 Å². The van der Waals surface area contributed by atoms with Crippen molar-refractivity contribution in [2.24, 2.45) is 5.41 Å². The van der Waals surface area contributed by atoms with E-state index in [1.807, 2.05) is 13.0 Å². The molecule has 0 spiro atoms. The Labute approximate surface area is 132 Å². The summed E-state index contributed by atoms with van der Waals surface area (Å²) in [5.74, 6) is 1.98. The summed E-state index contributed by atoms with van der Waals surface area (Å²) in [6.07, 6.45) is 1.78. The summed E-state index contributed by atoms with van der Waals surface area (Å²) in [6.45, 7) is 6.32. The highest BCUT2D eigenvalue weighted by atomic mass is 79.9. The molecule has 0 fully saturated rings. The number of furan rings is 2. The fourth-order valence-electron chi connectivity index (χ4n) is 2.98. The number of nitrogens with one attached hydrogen (secondary N) is 1. The van der Waals surface area contributed by atoms with Gasteiger partial charge >= 0.3 is 0 Å². The standard InChI is InChI=1S/C16H18BrNO3/c1-9-6-10-11(7-16(2,3)8-13(10)20-9)18-15(19)12-4-5-14(17)21-12/h4-6,11H,7-8H2,1-3H3,(H,18,19). The average molecular weight is 352 g/mol. The van der Waals surface area contributed by atoms with Crippen LogP contribution in [-0.4, -0.2) is 5.91 Å². The Balaban J connectivity index is 1.86. The van der Waals surface area contributed by atoms with E-state index in [9.17, 15) is 4.79 Å². The summed E-state index contributed by atoms with van der Waals surface area (Å²) in [5.41, 5.74) is 1.18. The van der Waals surface area contributed by atoms with E-state index in [0.717, 1.165) is 29.9 Å². The number of rotatable bonds is 2. The molecule has 1 aliphatic carbocycles. The van der Waals surface area contributed by atoms with Crippen molar-refractivity contribution in [3.63, 3.8) is 0 Å². The van der Waals surface area contributed by atoms with Crippen molar-refractivity contribution < 1.29 is 13.6 Å². The second kappa shape index (κ2) is 5.05. The Kier molecular flexibility index (Phi) is 3.48. The van der Waals surface area contributed by atoms with Gasteiger partial charge in [-0.15, -0.1) is 0 Å². The molecule has 0 saturated carbocycles. The van der Waals surface area contributed by atoms with Crippen LogP contribution in [0.1, 0.15) is 53.9 Å². The monoisotopic (exact) mass is 351 g/mol. The molecule has 0 bridgehead atoms. The Morgan fingerprint density at radius 3 is 2.81 bits per heavy atom. The Morgan fingerprint density at radius 1 is 1.38 bits per heavy atom. The van der Waals surface area contributed by atoms with E-state index in [0.29, 0.717) is 10.4 Å². The first-order valence-corrected chi connectivity index (χ1v) is 7.79. The molecule has 0 aliphatic heterocycles. The molecule has 0 radical (unpaired) electrons. The van der Waals surface area contributed by atoms with E-state index in [-0.39, 0.29) is 17.4 Å². The lowest BCUT2D eigenvalue weighted by Gasteiger charge is -2.34. The third-order valence-electron chi connectivity index (χ3n) is 3.84. The van der Waals surface area contributed by atoms with Crippen molar-refractivity contribution in [1.29, 1.82) is 0 Å². The minimum absolute atomic E-state index is 0.0439. The fourth-order valence-corrected chi connectivity index (χ4v) is 3.29. The van der Waals surface area contributed by atoms with Crippen molar-refractivity contribution in [2.45, 2.75) is 39.7 Å². The second-order valence-corrected chi connectivity index (χ2v) is 7.19. The summed E-state index contributed by atoms with van der Waals surface area (Å²) >= 11 is 3.21. The van der Waals surface area contributed by atoms with Gasteiger partial charge in [-0.1, -0.05) is 13.8 Å². The molecule has 1 unspecified atom stereocenters. The largest absolute Gasteiger partial charge is 0.466 e. The third kappa shape index (κ3) is 2.93. The van der Waals surface area contributed by atoms with E-state index in [1.54, 1.807) is 12.1 Å². The van der Waals surface area contributed by atoms with Crippen LogP contribution in [0.25, 0.3) is 0 Å². The first-order chi connectivity index (χ1) is 9.84. The van der Waals surface area contributed by atoms with Crippen molar-refractivity contribution >= 4 is 21.8 Å². The zero-order chi connectivity index (χ0) is 15.2. The van der Waals surface area contributed by atoms with Crippen LogP contribution in [0.3, 0.4) is 0 Å². The zero-order valence-corrected chi connectivity index (χ0v) is 13.9. The Morgan fingerprint density at radius 2 is 2.14 bits per heavy atom. The molecule has 5 heteroatoms. The van der Waals surface area contributed by atoms with E-state index in [4.69, 9.17) is 8.83 Å². The Bertz CT molecular complexity index is 684. The number of aryl methyl sites for hydroxylation is 1. The average Bonchev–Trinajstić information content (AvgIpc) is 2.93. The minimum atomic E-state index is -0.201. The van der Waals surface area contributed by atoms with E-state index >= 15 is 0 Å². The summed E-state index contributed by atoms with van der Waals surface area (Å²) < 4.78 is 11.6. The third-order valence-corrected chi connectivity index (χ3v) is 4.26. The van der Waals surface area contributed by atoms with Gasteiger partial charge in [-0.2, -0.15) is 0 Å². The number of halogens is 1. The quantitative estimate of drug-likeness (QED) is 0.872. The maximum Gasteiger partial charge on any atom is 0.287 e. The summed E-state index contributed by atoms with van der Waals surface area (Å²) in [6, 6.07) is 5.35. The molecule has 4 nitrogen and oxygen atoms in total. The molecular weight excluding hydrogens is 334 g/mol. The van der Waals surface area contributed by atoms with Gasteiger partial charge in [0, 0.05) is 12.0 Å². The van der Waals surface area contributed by atoms with Gasteiger partial charge in [0.05, 0.1) is 6.04 Å². The molecule has 3 rings (SSSR count). The smallest absolute Gasteiger partial charge is 0.287 e. The van der Waals surface area contributed by atoms with E-state index in [2.05, 4.69) is 35.1 Å². The maximum absolute atomic E-state index is 12.3. The zero-order valence-electron chi connectivity index (χ0n) is 12.3. The van der Waals surface area contributed by atoms with Gasteiger partial charge in [-0.3, -0.25) is 4.79 Å². The Hall–Kier alpha value is -1.49. The molecule has 1 atom stereocenters. The number of amides is 1. The van der Waals surface area contributed by atoms with Crippen molar-refractivity contribution in [2.75, 3.05) is 0 Å². The van der Waals surface area contributed by atoms with Crippen LogP contribution in [-0.2, 0) is 6.42 Å². The summed E-state index contributed by atoms with van der Waals surface area (Å²) in [4.78, 5) is 12.3. The van der Waals surface area contributed by atoms with Gasteiger partial charge in [-0.25, -0.2) is 0 Å². The lowest BCUT2D eigenvalue weighted by Crippen LogP contribution is -2.35. The molecule has 1 amide bonds. The molecule has 112 valence electrons. The summed E-state index contributed by atoms with van der Waals surface area (Å²) in [5, 5.41) is 3.06. The number of carbonyl (C=O) groups is 1. The SMILES string of the molecule is Cc1cc2c(o1)CC(C)(C)CC2NC(=O)c1ccc(Br)o1. The second-order valence-electron chi connectivity index (χ2n) is 6.41. The lowest BCUT2D eigenvalue weighted by molar-refractivity contribution is 0.0888. The van der Waals surface area contributed by atoms with Crippen molar-refractivity contribution in [3.05, 3.63) is 45.7 Å². The van der Waals surface area contributed by atoms with Crippen LogP contribution in [0.15, 0.2) is 31.7 Å². The maximum atomic E-state index is 12.3. The van der Waals surface area contributed by atoms with Crippen molar-refractivity contribution in [1.82, 2.24) is 5.32 Å². The van der Waals surface area contributed by atoms with E-state index in [1.165, 1.54) is 0 Å². The van der Waals surface area contributed by atoms with Gasteiger partial charge in [0.2, 0.25) is 0 Å². The van der Waals surface area contributed by atoms with Crippen LogP contribution in [0, 0.1) is 12.3 Å². The van der Waals surface area contributed by atoms with Gasteiger partial charge in [0.15, 0.2) is 10.4 Å². The van der Waals surface area contributed by atoms with Gasteiger partial charge in [-0.05, 0) is 52.9 Å². The highest BCUT2D eigenvalue weighted by molar-refractivity contribution is 9.10. The van der Waals surface area contributed by atoms with E-state index < -0.39 is 0 Å². The molecule has 1 N–H and O–H groups in total. The molecule has 2 aromatic rings. The number of fused-ring (bicyclic) bond motifs is 1. The molecule has 2 aromatic heterocycles. The molecule has 2 heterocycles. The van der Waals surface area contributed by atoms with Crippen molar-refractivity contribution in [3.8, 4) is 0 Å². The number of carbonyl (C=O) groups excluding carboxylic acids is 1. The van der Waals surface area contributed by atoms with Gasteiger partial charge in [0.25, 0.3) is 5.91 Å². The molecular formula is C16H18BrNO3. The van der Waals surface area contributed by atoms with Gasteiger partial charge in [0.1, 0.15) is 11.5 Å². The van der Waals surface area contributed by atoms with Gasteiger partial charge < -0.3 is 14.2 Å². The summed E-state index contributed by atoms with van der Waals surface area (Å²) in [7, 11) is 0. The molecule has 1 aliphatic rings. The molecule has 21 heavy (non-hydrogen) atoms. The minimum Gasteiger partial charge on any atom is -0.466 e. The van der Waals surface area contributed by atoms with Crippen LogP contribution in [0.4, 0.5) is 0 Å². The predicted octanol–water partition coefficient (Wildman–Crippen LogP) is 4.39. The highest BCUT2D eigenvalue weighted by Crippen LogP contribution is 2.42. The predicted molar refractivity (Wildman–Crippen MR) is 82.2 cm³/mol. The fraction of sp³-hybridized carbons (Fsp3) is 0.438. The molecule has 0 saturated heterocycles. The van der Waals surface area contributed by atoms with Crippen LogP contribution in [0.2, 0.25) is 0 Å². The van der Waals surface area contributed by atoms with Crippen LogP contribution in [0.5, 0.6) is 0 Å². The van der Waals surface area contributed by atoms with Crippen LogP contribution < -0.4 is 5.32 Å². The number of hydrogen-bond donors (Lipinski definition) is 1. The topological polar surface area (TPSA) is 55.4 Å². The normalized spacial score (nSPS) is 20.1.